The molecule has 0 aromatic heterocycles. The molecule has 0 aromatic rings. The highest BCUT2D eigenvalue weighted by molar-refractivity contribution is 7.95. The van der Waals surface area contributed by atoms with Gasteiger partial charge < -0.3 is 4.74 Å². The zero-order valence-corrected chi connectivity index (χ0v) is 9.85. The van der Waals surface area contributed by atoms with Gasteiger partial charge in [-0.2, -0.15) is 0 Å². The maximum absolute atomic E-state index is 11.4. The van der Waals surface area contributed by atoms with Crippen LogP contribution in [0.15, 0.2) is 11.5 Å². The lowest BCUT2D eigenvalue weighted by atomic mass is 10.3. The topological polar surface area (TPSA) is 60.4 Å². The molecule has 0 heterocycles. The van der Waals surface area contributed by atoms with Gasteiger partial charge in [-0.3, -0.25) is 0 Å². The van der Waals surface area contributed by atoms with Crippen molar-refractivity contribution < 1.29 is 17.9 Å². The van der Waals surface area contributed by atoms with Crippen LogP contribution in [-0.4, -0.2) is 25.2 Å². The fourth-order valence-corrected chi connectivity index (χ4v) is 1.29. The molecule has 0 aliphatic carbocycles. The fourth-order valence-electron chi connectivity index (χ4n) is 0.484. The molecule has 0 radical (unpaired) electrons. The largest absolute Gasteiger partial charge is 0.449 e. The molecule has 0 aliphatic heterocycles. The highest BCUT2D eigenvalue weighted by atomic mass is 35.5. The van der Waals surface area contributed by atoms with Crippen LogP contribution in [0.5, 0.6) is 0 Å². The van der Waals surface area contributed by atoms with E-state index in [1.54, 1.807) is 20.8 Å². The SMILES string of the molecule is CC(C)(C)S(=O)(=O)C=CCOC(=O)Cl. The van der Waals surface area contributed by atoms with Gasteiger partial charge in [0.1, 0.15) is 6.61 Å². The standard InChI is InChI=1S/C8H13ClO4S/c1-8(2,3)14(11,12)6-4-5-13-7(9)10/h4,6H,5H2,1-3H3. The molecule has 0 bridgehead atoms. The van der Waals surface area contributed by atoms with E-state index in [1.807, 2.05) is 0 Å². The van der Waals surface area contributed by atoms with Gasteiger partial charge >= 0.3 is 5.43 Å². The first kappa shape index (κ1) is 13.4. The fraction of sp³-hybridized carbons (Fsp3) is 0.625. The van der Waals surface area contributed by atoms with Crippen LogP contribution >= 0.6 is 11.6 Å². The number of hydrogen-bond donors (Lipinski definition) is 0. The molecule has 6 heteroatoms. The molecule has 0 saturated carbocycles. The molecular weight excluding hydrogens is 228 g/mol. The quantitative estimate of drug-likeness (QED) is 0.709. The summed E-state index contributed by atoms with van der Waals surface area (Å²) in [6.45, 7) is 4.61. The van der Waals surface area contributed by atoms with Crippen molar-refractivity contribution >= 4 is 26.9 Å². The minimum absolute atomic E-state index is 0.141. The molecule has 14 heavy (non-hydrogen) atoms. The Labute approximate surface area is 88.8 Å². The van der Waals surface area contributed by atoms with Gasteiger partial charge in [0.05, 0.1) is 4.75 Å². The Balaban J connectivity index is 4.32. The van der Waals surface area contributed by atoms with Crippen molar-refractivity contribution in [2.75, 3.05) is 6.61 Å². The zero-order valence-electron chi connectivity index (χ0n) is 8.28. The van der Waals surface area contributed by atoms with Crippen molar-refractivity contribution in [1.82, 2.24) is 0 Å². The maximum atomic E-state index is 11.4. The molecule has 0 unspecified atom stereocenters. The van der Waals surface area contributed by atoms with Crippen LogP contribution in [0.1, 0.15) is 20.8 Å². The Morgan fingerprint density at radius 2 is 1.93 bits per heavy atom. The smallest absolute Gasteiger partial charge is 0.404 e. The highest BCUT2D eigenvalue weighted by Gasteiger charge is 2.25. The van der Waals surface area contributed by atoms with Gasteiger partial charge in [0.15, 0.2) is 9.84 Å². The predicted octanol–water partition coefficient (Wildman–Crippen LogP) is 2.09. The number of ether oxygens (including phenoxy) is 1. The summed E-state index contributed by atoms with van der Waals surface area (Å²) in [6.07, 6.45) is 1.24. The molecule has 0 amide bonds. The summed E-state index contributed by atoms with van der Waals surface area (Å²) in [6, 6.07) is 0. The minimum Gasteiger partial charge on any atom is -0.449 e. The predicted molar refractivity (Wildman–Crippen MR) is 55.0 cm³/mol. The van der Waals surface area contributed by atoms with Crippen LogP contribution in [-0.2, 0) is 14.6 Å². The third-order valence-corrected chi connectivity index (χ3v) is 3.79. The van der Waals surface area contributed by atoms with E-state index in [2.05, 4.69) is 4.74 Å². The third kappa shape index (κ3) is 4.62. The van der Waals surface area contributed by atoms with Gasteiger partial charge in [-0.25, -0.2) is 13.2 Å². The maximum Gasteiger partial charge on any atom is 0.404 e. The average Bonchev–Trinajstić information content (AvgIpc) is 1.95. The number of hydrogen-bond acceptors (Lipinski definition) is 4. The van der Waals surface area contributed by atoms with E-state index in [4.69, 9.17) is 11.6 Å². The monoisotopic (exact) mass is 240 g/mol. The molecule has 4 nitrogen and oxygen atoms in total. The molecule has 0 fully saturated rings. The summed E-state index contributed by atoms with van der Waals surface area (Å²) < 4.78 is 26.3. The summed E-state index contributed by atoms with van der Waals surface area (Å²) in [5, 5.41) is 1.02. The first-order chi connectivity index (χ1) is 6.17. The Kier molecular flexibility index (Phi) is 4.61. The Bertz CT molecular complexity index is 324. The molecular formula is C8H13ClO4S. The van der Waals surface area contributed by atoms with Gasteiger partial charge in [-0.15, -0.1) is 0 Å². The van der Waals surface area contributed by atoms with Crippen molar-refractivity contribution in [2.45, 2.75) is 25.5 Å². The lowest BCUT2D eigenvalue weighted by molar-refractivity contribution is 0.186. The highest BCUT2D eigenvalue weighted by Crippen LogP contribution is 2.16. The van der Waals surface area contributed by atoms with Crippen molar-refractivity contribution in [2.24, 2.45) is 0 Å². The number of carbonyl (C=O) groups is 1. The first-order valence-electron chi connectivity index (χ1n) is 3.90. The average molecular weight is 241 g/mol. The summed E-state index contributed by atoms with van der Waals surface area (Å²) >= 11 is 4.87. The third-order valence-electron chi connectivity index (χ3n) is 1.42. The Hall–Kier alpha value is -0.550. The van der Waals surface area contributed by atoms with Crippen LogP contribution in [0.4, 0.5) is 4.79 Å². The molecule has 0 aliphatic rings. The molecule has 0 saturated heterocycles. The minimum atomic E-state index is -3.31. The van der Waals surface area contributed by atoms with E-state index in [-0.39, 0.29) is 6.61 Å². The molecule has 0 rings (SSSR count). The van der Waals surface area contributed by atoms with Crippen molar-refractivity contribution in [3.8, 4) is 0 Å². The summed E-state index contributed by atoms with van der Waals surface area (Å²) in [5.74, 6) is 0. The normalized spacial score (nSPS) is 13.1. The molecule has 0 atom stereocenters. The molecule has 0 N–H and O–H groups in total. The van der Waals surface area contributed by atoms with Crippen LogP contribution in [0.3, 0.4) is 0 Å². The van der Waals surface area contributed by atoms with E-state index in [9.17, 15) is 13.2 Å². The Morgan fingerprint density at radius 1 is 1.43 bits per heavy atom. The zero-order chi connectivity index (χ0) is 11.4. The lowest BCUT2D eigenvalue weighted by Crippen LogP contribution is -2.25. The van der Waals surface area contributed by atoms with Gasteiger partial charge in [-0.05, 0) is 26.8 Å². The van der Waals surface area contributed by atoms with Crippen LogP contribution in [0, 0.1) is 0 Å². The van der Waals surface area contributed by atoms with Crippen LogP contribution in [0.25, 0.3) is 0 Å². The second-order valence-corrected chi connectivity index (χ2v) is 6.47. The van der Waals surface area contributed by atoms with Crippen molar-refractivity contribution in [3.05, 3.63) is 11.5 Å². The summed E-state index contributed by atoms with van der Waals surface area (Å²) in [4.78, 5) is 10.1. The van der Waals surface area contributed by atoms with Gasteiger partial charge in [0.25, 0.3) is 0 Å². The van der Waals surface area contributed by atoms with Crippen LogP contribution < -0.4 is 0 Å². The van der Waals surface area contributed by atoms with Gasteiger partial charge in [0.2, 0.25) is 0 Å². The number of sulfone groups is 1. The van der Waals surface area contributed by atoms with Gasteiger partial charge in [-0.1, -0.05) is 0 Å². The molecule has 0 aromatic carbocycles. The summed E-state index contributed by atoms with van der Waals surface area (Å²) in [5.41, 5.74) is -0.956. The second-order valence-electron chi connectivity index (χ2n) is 3.58. The van der Waals surface area contributed by atoms with E-state index >= 15 is 0 Å². The lowest BCUT2D eigenvalue weighted by Gasteiger charge is -2.15. The second kappa shape index (κ2) is 4.79. The first-order valence-corrected chi connectivity index (χ1v) is 5.82. The number of carbonyl (C=O) groups excluding carboxylic acids is 1. The van der Waals surface area contributed by atoms with E-state index in [0.29, 0.717) is 0 Å². The Morgan fingerprint density at radius 3 is 2.29 bits per heavy atom. The summed E-state index contributed by atoms with van der Waals surface area (Å²) in [7, 11) is -3.31. The van der Waals surface area contributed by atoms with E-state index in [0.717, 1.165) is 5.41 Å². The molecule has 82 valence electrons. The molecule has 0 spiro atoms. The van der Waals surface area contributed by atoms with Crippen molar-refractivity contribution in [3.63, 3.8) is 0 Å². The van der Waals surface area contributed by atoms with Crippen LogP contribution in [0.2, 0.25) is 0 Å². The van der Waals surface area contributed by atoms with Gasteiger partial charge in [0, 0.05) is 17.0 Å². The number of rotatable bonds is 3. The van der Waals surface area contributed by atoms with Crippen molar-refractivity contribution in [1.29, 1.82) is 0 Å². The van der Waals surface area contributed by atoms with E-state index < -0.39 is 20.0 Å². The van der Waals surface area contributed by atoms with E-state index in [1.165, 1.54) is 6.08 Å². The number of halogens is 1.